The predicted molar refractivity (Wildman–Crippen MR) is 94.9 cm³/mol. The zero-order chi connectivity index (χ0) is 17.2. The van der Waals surface area contributed by atoms with Crippen LogP contribution in [0.15, 0.2) is 42.9 Å². The second kappa shape index (κ2) is 6.68. The molecule has 0 unspecified atom stereocenters. The quantitative estimate of drug-likeness (QED) is 0.778. The molecule has 4 rings (SSSR count). The fourth-order valence-corrected chi connectivity index (χ4v) is 3.22. The number of anilines is 1. The second-order valence-electron chi connectivity index (χ2n) is 6.05. The van der Waals surface area contributed by atoms with E-state index in [9.17, 15) is 4.79 Å². The number of hydrogen-bond acceptors (Lipinski definition) is 5. The molecule has 3 aromatic heterocycles. The lowest BCUT2D eigenvalue weighted by Gasteiger charge is -2.32. The molecule has 1 aliphatic rings. The number of carbonyl (C=O) groups is 1. The standard InChI is InChI=1S/C17H17ClN6O/c18-13-1-2-15-21-22-17(24(15)11-13)23-9-5-14(6-10-23)20-16(25)12-3-7-19-8-4-12/h1-4,7-8,11,14H,5-6,9-10H2,(H,20,25). The number of pyridine rings is 2. The normalized spacial score (nSPS) is 15.5. The number of nitrogens with one attached hydrogen (secondary N) is 1. The van der Waals surface area contributed by atoms with E-state index in [0.717, 1.165) is 37.5 Å². The number of nitrogens with zero attached hydrogens (tertiary/aromatic N) is 5. The van der Waals surface area contributed by atoms with Gasteiger partial charge in [-0.15, -0.1) is 10.2 Å². The van der Waals surface area contributed by atoms with Crippen LogP contribution in [0, 0.1) is 0 Å². The lowest BCUT2D eigenvalue weighted by atomic mass is 10.0. The van der Waals surface area contributed by atoms with Crippen LogP contribution in [0.1, 0.15) is 23.2 Å². The van der Waals surface area contributed by atoms with Crippen molar-refractivity contribution in [2.75, 3.05) is 18.0 Å². The summed E-state index contributed by atoms with van der Waals surface area (Å²) in [5.74, 6) is 0.733. The monoisotopic (exact) mass is 356 g/mol. The van der Waals surface area contributed by atoms with Crippen molar-refractivity contribution in [2.24, 2.45) is 0 Å². The maximum absolute atomic E-state index is 12.2. The van der Waals surface area contributed by atoms with Gasteiger partial charge < -0.3 is 10.2 Å². The molecule has 7 nitrogen and oxygen atoms in total. The zero-order valence-electron chi connectivity index (χ0n) is 13.5. The van der Waals surface area contributed by atoms with Crippen molar-refractivity contribution in [1.29, 1.82) is 0 Å². The highest BCUT2D eigenvalue weighted by Gasteiger charge is 2.24. The topological polar surface area (TPSA) is 75.4 Å². The second-order valence-corrected chi connectivity index (χ2v) is 6.48. The summed E-state index contributed by atoms with van der Waals surface area (Å²) in [6, 6.07) is 7.24. The number of amides is 1. The van der Waals surface area contributed by atoms with Crippen LogP contribution in [-0.4, -0.2) is 44.6 Å². The van der Waals surface area contributed by atoms with E-state index in [-0.39, 0.29) is 11.9 Å². The number of rotatable bonds is 3. The molecular formula is C17H17ClN6O. The van der Waals surface area contributed by atoms with Crippen molar-refractivity contribution in [3.8, 4) is 0 Å². The summed E-state index contributed by atoms with van der Waals surface area (Å²) in [6.45, 7) is 1.60. The molecule has 0 atom stereocenters. The SMILES string of the molecule is O=C(NC1CCN(c2nnc3ccc(Cl)cn23)CC1)c1ccncc1. The van der Waals surface area contributed by atoms with Crippen LogP contribution in [0.2, 0.25) is 5.02 Å². The Morgan fingerprint density at radius 2 is 1.88 bits per heavy atom. The predicted octanol–water partition coefficient (Wildman–Crippen LogP) is 2.18. The van der Waals surface area contributed by atoms with Crippen LogP contribution < -0.4 is 10.2 Å². The molecule has 0 saturated carbocycles. The molecule has 0 spiro atoms. The van der Waals surface area contributed by atoms with Gasteiger partial charge in [0.1, 0.15) is 0 Å². The summed E-state index contributed by atoms with van der Waals surface area (Å²) in [7, 11) is 0. The minimum atomic E-state index is -0.0550. The molecule has 0 bridgehead atoms. The average Bonchev–Trinajstić information content (AvgIpc) is 3.06. The largest absolute Gasteiger partial charge is 0.349 e. The van der Waals surface area contributed by atoms with Crippen LogP contribution in [0.4, 0.5) is 5.95 Å². The number of piperidine rings is 1. The first kappa shape index (κ1) is 15.8. The molecule has 8 heteroatoms. The molecule has 25 heavy (non-hydrogen) atoms. The molecule has 3 aromatic rings. The molecule has 1 saturated heterocycles. The Bertz CT molecular complexity index is 889. The van der Waals surface area contributed by atoms with Crippen molar-refractivity contribution in [3.63, 3.8) is 0 Å². The van der Waals surface area contributed by atoms with E-state index in [1.165, 1.54) is 0 Å². The first-order valence-electron chi connectivity index (χ1n) is 8.17. The number of carbonyl (C=O) groups excluding carboxylic acids is 1. The molecule has 128 valence electrons. The first-order valence-corrected chi connectivity index (χ1v) is 8.54. The molecule has 1 amide bonds. The summed E-state index contributed by atoms with van der Waals surface area (Å²) < 4.78 is 1.90. The minimum absolute atomic E-state index is 0.0550. The highest BCUT2D eigenvalue weighted by Crippen LogP contribution is 2.21. The van der Waals surface area contributed by atoms with Crippen molar-refractivity contribution >= 4 is 29.1 Å². The lowest BCUT2D eigenvalue weighted by Crippen LogP contribution is -2.45. The summed E-state index contributed by atoms with van der Waals surface area (Å²) >= 11 is 6.08. The fraction of sp³-hybridized carbons (Fsp3) is 0.294. The minimum Gasteiger partial charge on any atom is -0.349 e. The molecule has 1 N–H and O–H groups in total. The maximum atomic E-state index is 12.2. The first-order chi connectivity index (χ1) is 12.2. The number of halogens is 1. The van der Waals surface area contributed by atoms with Gasteiger partial charge >= 0.3 is 0 Å². The molecule has 0 aliphatic carbocycles. The van der Waals surface area contributed by atoms with Gasteiger partial charge in [0.15, 0.2) is 5.65 Å². The Hall–Kier alpha value is -2.67. The van der Waals surface area contributed by atoms with Gasteiger partial charge in [-0.3, -0.25) is 14.2 Å². The third-order valence-electron chi connectivity index (χ3n) is 4.40. The maximum Gasteiger partial charge on any atom is 0.251 e. The molecule has 1 fully saturated rings. The summed E-state index contributed by atoms with van der Waals surface area (Å²) in [5.41, 5.74) is 1.41. The van der Waals surface area contributed by atoms with Crippen LogP contribution in [0.5, 0.6) is 0 Å². The Kier molecular flexibility index (Phi) is 4.23. The van der Waals surface area contributed by atoms with Crippen molar-refractivity contribution in [1.82, 2.24) is 24.9 Å². The van der Waals surface area contributed by atoms with Gasteiger partial charge in [0.25, 0.3) is 5.91 Å². The Morgan fingerprint density at radius 3 is 2.64 bits per heavy atom. The average molecular weight is 357 g/mol. The van der Waals surface area contributed by atoms with E-state index >= 15 is 0 Å². The van der Waals surface area contributed by atoms with Gasteiger partial charge in [0, 0.05) is 43.3 Å². The molecular weight excluding hydrogens is 340 g/mol. The third kappa shape index (κ3) is 3.28. The van der Waals surface area contributed by atoms with Gasteiger partial charge in [-0.25, -0.2) is 0 Å². The van der Waals surface area contributed by atoms with Gasteiger partial charge in [-0.05, 0) is 37.1 Å². The van der Waals surface area contributed by atoms with E-state index in [2.05, 4.69) is 25.4 Å². The Labute approximate surface area is 149 Å². The summed E-state index contributed by atoms with van der Waals surface area (Å²) in [5, 5.41) is 12.2. The van der Waals surface area contributed by atoms with Crippen LogP contribution in [0.25, 0.3) is 5.65 Å². The highest BCUT2D eigenvalue weighted by atomic mass is 35.5. The lowest BCUT2D eigenvalue weighted by molar-refractivity contribution is 0.0931. The van der Waals surface area contributed by atoms with Crippen LogP contribution in [-0.2, 0) is 0 Å². The van der Waals surface area contributed by atoms with Gasteiger partial charge in [-0.2, -0.15) is 0 Å². The molecule has 0 radical (unpaired) electrons. The van der Waals surface area contributed by atoms with Crippen LogP contribution in [0.3, 0.4) is 0 Å². The van der Waals surface area contributed by atoms with Gasteiger partial charge in [0.2, 0.25) is 5.95 Å². The number of aromatic nitrogens is 4. The van der Waals surface area contributed by atoms with E-state index in [1.54, 1.807) is 30.6 Å². The van der Waals surface area contributed by atoms with Crippen molar-refractivity contribution in [2.45, 2.75) is 18.9 Å². The fourth-order valence-electron chi connectivity index (χ4n) is 3.06. The molecule has 4 heterocycles. The van der Waals surface area contributed by atoms with Gasteiger partial charge in [-0.1, -0.05) is 11.6 Å². The third-order valence-corrected chi connectivity index (χ3v) is 4.63. The summed E-state index contributed by atoms with van der Waals surface area (Å²) in [6.07, 6.45) is 6.78. The van der Waals surface area contributed by atoms with E-state index in [4.69, 9.17) is 11.6 Å². The Balaban J connectivity index is 1.41. The smallest absolute Gasteiger partial charge is 0.251 e. The van der Waals surface area contributed by atoms with E-state index < -0.39 is 0 Å². The Morgan fingerprint density at radius 1 is 1.12 bits per heavy atom. The number of hydrogen-bond donors (Lipinski definition) is 1. The molecule has 1 aliphatic heterocycles. The van der Waals surface area contributed by atoms with Crippen molar-refractivity contribution in [3.05, 3.63) is 53.4 Å². The number of fused-ring (bicyclic) bond motifs is 1. The summed E-state index contributed by atoms with van der Waals surface area (Å²) in [4.78, 5) is 18.3. The highest BCUT2D eigenvalue weighted by molar-refractivity contribution is 6.30. The molecule has 0 aromatic carbocycles. The van der Waals surface area contributed by atoms with Gasteiger partial charge in [0.05, 0.1) is 5.02 Å². The van der Waals surface area contributed by atoms with Crippen molar-refractivity contribution < 1.29 is 4.79 Å². The van der Waals surface area contributed by atoms with E-state index in [1.807, 2.05) is 16.7 Å². The zero-order valence-corrected chi connectivity index (χ0v) is 14.2. The van der Waals surface area contributed by atoms with Crippen LogP contribution >= 0.6 is 11.6 Å². The van der Waals surface area contributed by atoms with E-state index in [0.29, 0.717) is 10.6 Å².